The molecular weight excluding hydrogens is 370 g/mol. The minimum Gasteiger partial charge on any atom is -0.342 e. The second-order valence-corrected chi connectivity index (χ2v) is 8.27. The van der Waals surface area contributed by atoms with Gasteiger partial charge in [-0.25, -0.2) is 4.98 Å². The zero-order valence-corrected chi connectivity index (χ0v) is 16.8. The summed E-state index contributed by atoms with van der Waals surface area (Å²) in [4.78, 5) is 31.9. The molecule has 2 aromatic rings. The normalized spacial score (nSPS) is 17.7. The first kappa shape index (κ1) is 19.2. The van der Waals surface area contributed by atoms with Crippen LogP contribution in [0.1, 0.15) is 33.1 Å². The van der Waals surface area contributed by atoms with Crippen molar-refractivity contribution in [1.82, 2.24) is 14.5 Å². The molecule has 2 heterocycles. The lowest BCUT2D eigenvalue weighted by Gasteiger charge is -2.30. The summed E-state index contributed by atoms with van der Waals surface area (Å²) in [6.45, 7) is 6.43. The van der Waals surface area contributed by atoms with E-state index in [1.165, 1.54) is 18.2 Å². The largest absolute Gasteiger partial charge is 0.342 e. The quantitative estimate of drug-likeness (QED) is 0.572. The Hall–Kier alpha value is -1.53. The van der Waals surface area contributed by atoms with E-state index in [9.17, 15) is 9.59 Å². The zero-order valence-electron chi connectivity index (χ0n) is 15.2. The molecule has 7 heteroatoms. The fourth-order valence-electron chi connectivity index (χ4n) is 3.34. The van der Waals surface area contributed by atoms with Crippen LogP contribution in [-0.4, -0.2) is 39.2 Å². The van der Waals surface area contributed by atoms with Gasteiger partial charge in [0, 0.05) is 24.7 Å². The van der Waals surface area contributed by atoms with E-state index in [1.807, 2.05) is 11.8 Å². The van der Waals surface area contributed by atoms with Crippen LogP contribution in [0.15, 0.2) is 28.2 Å². The van der Waals surface area contributed by atoms with E-state index in [0.29, 0.717) is 39.3 Å². The summed E-state index contributed by atoms with van der Waals surface area (Å²) >= 11 is 7.39. The Morgan fingerprint density at radius 2 is 2.23 bits per heavy atom. The highest BCUT2D eigenvalue weighted by Gasteiger charge is 2.21. The average molecular weight is 394 g/mol. The molecule has 0 bridgehead atoms. The number of carbonyl (C=O) groups excluding carboxylic acids is 1. The molecule has 3 rings (SSSR count). The van der Waals surface area contributed by atoms with Gasteiger partial charge in [0.05, 0.1) is 16.7 Å². The number of hydrogen-bond acceptors (Lipinski definition) is 4. The number of rotatable bonds is 5. The Kier molecular flexibility index (Phi) is 6.24. The minimum absolute atomic E-state index is 0.0740. The number of thioether (sulfide) groups is 1. The molecule has 0 radical (unpaired) electrons. The number of aromatic nitrogens is 2. The van der Waals surface area contributed by atoms with Gasteiger partial charge < -0.3 is 4.90 Å². The topological polar surface area (TPSA) is 55.2 Å². The molecule has 1 aliphatic rings. The molecule has 5 nitrogen and oxygen atoms in total. The van der Waals surface area contributed by atoms with E-state index in [-0.39, 0.29) is 11.5 Å². The Bertz CT molecular complexity index is 868. The summed E-state index contributed by atoms with van der Waals surface area (Å²) < 4.78 is 1.67. The fraction of sp³-hybridized carbons (Fsp3) is 0.526. The smallest absolute Gasteiger partial charge is 0.262 e. The molecule has 0 unspecified atom stereocenters. The lowest BCUT2D eigenvalue weighted by Crippen LogP contribution is -2.40. The van der Waals surface area contributed by atoms with Gasteiger partial charge in [0.15, 0.2) is 5.16 Å². The van der Waals surface area contributed by atoms with Crippen molar-refractivity contribution in [3.05, 3.63) is 33.6 Å². The van der Waals surface area contributed by atoms with E-state index < -0.39 is 0 Å². The third-order valence-corrected chi connectivity index (χ3v) is 5.86. The summed E-state index contributed by atoms with van der Waals surface area (Å²) in [6.07, 6.45) is 3.07. The van der Waals surface area contributed by atoms with Crippen LogP contribution in [0.3, 0.4) is 0 Å². The van der Waals surface area contributed by atoms with Gasteiger partial charge >= 0.3 is 0 Å². The third-order valence-electron chi connectivity index (χ3n) is 4.66. The Labute approximate surface area is 162 Å². The van der Waals surface area contributed by atoms with Gasteiger partial charge in [0.1, 0.15) is 0 Å². The van der Waals surface area contributed by atoms with Crippen LogP contribution in [0, 0.1) is 5.92 Å². The molecule has 1 atom stereocenters. The lowest BCUT2D eigenvalue weighted by atomic mass is 10.0. The Morgan fingerprint density at radius 3 is 2.96 bits per heavy atom. The van der Waals surface area contributed by atoms with Crippen LogP contribution in [0.4, 0.5) is 0 Å². The van der Waals surface area contributed by atoms with Crippen LogP contribution in [0.25, 0.3) is 10.9 Å². The monoisotopic (exact) mass is 393 g/mol. The minimum atomic E-state index is -0.0740. The molecule has 0 spiro atoms. The summed E-state index contributed by atoms with van der Waals surface area (Å²) in [7, 11) is 0. The average Bonchev–Trinajstić information content (AvgIpc) is 2.62. The summed E-state index contributed by atoms with van der Waals surface area (Å²) in [5, 5.41) is 1.69. The number of carbonyl (C=O) groups is 1. The molecule has 0 aliphatic carbocycles. The molecular formula is C19H24ClN3O2S. The highest BCUT2D eigenvalue weighted by atomic mass is 35.5. The molecule has 26 heavy (non-hydrogen) atoms. The second kappa shape index (κ2) is 8.44. The third kappa shape index (κ3) is 4.23. The molecule has 1 aromatic heterocycles. The number of likely N-dealkylation sites (tertiary alicyclic amines) is 1. The van der Waals surface area contributed by atoms with Crippen molar-refractivity contribution in [2.24, 2.45) is 5.92 Å². The predicted molar refractivity (Wildman–Crippen MR) is 107 cm³/mol. The van der Waals surface area contributed by atoms with Crippen molar-refractivity contribution < 1.29 is 4.79 Å². The standard InChI is InChI=1S/C19H24ClN3O2S/c1-3-8-23-18(25)15-7-6-14(20)10-16(15)21-19(23)26-12-17(24)22-9-4-5-13(2)11-22/h6-7,10,13H,3-5,8-9,11-12H2,1-2H3/t13-/m0/s1. The number of hydrogen-bond donors (Lipinski definition) is 0. The SMILES string of the molecule is CCCn1c(SCC(=O)N2CCC[C@H](C)C2)nc2cc(Cl)ccc2c1=O. The molecule has 140 valence electrons. The van der Waals surface area contributed by atoms with Gasteiger partial charge in [0.25, 0.3) is 5.56 Å². The van der Waals surface area contributed by atoms with E-state index in [2.05, 4.69) is 11.9 Å². The van der Waals surface area contributed by atoms with Crippen molar-refractivity contribution in [3.63, 3.8) is 0 Å². The zero-order chi connectivity index (χ0) is 18.7. The number of nitrogens with zero attached hydrogens (tertiary/aromatic N) is 3. The van der Waals surface area contributed by atoms with Gasteiger partial charge in [-0.1, -0.05) is 37.2 Å². The van der Waals surface area contributed by atoms with Gasteiger partial charge in [0.2, 0.25) is 5.91 Å². The number of halogens is 1. The number of fused-ring (bicyclic) bond motifs is 1. The highest BCUT2D eigenvalue weighted by Crippen LogP contribution is 2.22. The van der Waals surface area contributed by atoms with E-state index in [0.717, 1.165) is 25.9 Å². The first-order chi connectivity index (χ1) is 12.5. The molecule has 0 saturated carbocycles. The summed E-state index contributed by atoms with van der Waals surface area (Å²) in [5.74, 6) is 0.969. The summed E-state index contributed by atoms with van der Waals surface area (Å²) in [6, 6.07) is 5.12. The molecule has 1 aliphatic heterocycles. The maximum Gasteiger partial charge on any atom is 0.262 e. The van der Waals surface area contributed by atoms with Crippen molar-refractivity contribution in [2.45, 2.75) is 44.8 Å². The van der Waals surface area contributed by atoms with E-state index >= 15 is 0 Å². The van der Waals surface area contributed by atoms with Gasteiger partial charge in [-0.05, 0) is 43.4 Å². The number of benzene rings is 1. The van der Waals surface area contributed by atoms with E-state index in [1.54, 1.807) is 22.8 Å². The van der Waals surface area contributed by atoms with E-state index in [4.69, 9.17) is 11.6 Å². The lowest BCUT2D eigenvalue weighted by molar-refractivity contribution is -0.130. The maximum atomic E-state index is 12.8. The summed E-state index contributed by atoms with van der Waals surface area (Å²) in [5.41, 5.74) is 0.506. The molecule has 1 fully saturated rings. The predicted octanol–water partition coefficient (Wildman–Crippen LogP) is 3.81. The Morgan fingerprint density at radius 1 is 1.42 bits per heavy atom. The first-order valence-electron chi connectivity index (χ1n) is 9.10. The van der Waals surface area contributed by atoms with Crippen molar-refractivity contribution >= 4 is 40.2 Å². The molecule has 0 N–H and O–H groups in total. The van der Waals surface area contributed by atoms with Crippen molar-refractivity contribution in [1.29, 1.82) is 0 Å². The van der Waals surface area contributed by atoms with Crippen LogP contribution in [-0.2, 0) is 11.3 Å². The fourth-order valence-corrected chi connectivity index (χ4v) is 4.43. The number of piperidine rings is 1. The molecule has 1 amide bonds. The van der Waals surface area contributed by atoms with Crippen LogP contribution in [0.5, 0.6) is 0 Å². The van der Waals surface area contributed by atoms with Gasteiger partial charge in [-0.2, -0.15) is 0 Å². The van der Waals surface area contributed by atoms with Crippen molar-refractivity contribution in [2.75, 3.05) is 18.8 Å². The Balaban J connectivity index is 1.84. The van der Waals surface area contributed by atoms with Gasteiger partial charge in [-0.15, -0.1) is 0 Å². The second-order valence-electron chi connectivity index (χ2n) is 6.89. The first-order valence-corrected chi connectivity index (χ1v) is 10.5. The maximum absolute atomic E-state index is 12.8. The van der Waals surface area contributed by atoms with Crippen LogP contribution in [0.2, 0.25) is 5.02 Å². The van der Waals surface area contributed by atoms with Gasteiger partial charge in [-0.3, -0.25) is 14.2 Å². The molecule has 1 aromatic carbocycles. The van der Waals surface area contributed by atoms with Crippen LogP contribution >= 0.6 is 23.4 Å². The van der Waals surface area contributed by atoms with Crippen LogP contribution < -0.4 is 5.56 Å². The molecule has 1 saturated heterocycles. The number of amides is 1. The highest BCUT2D eigenvalue weighted by molar-refractivity contribution is 7.99. The van der Waals surface area contributed by atoms with Crippen molar-refractivity contribution in [3.8, 4) is 0 Å².